The number of halogens is 2. The van der Waals surface area contributed by atoms with Gasteiger partial charge in [0.05, 0.1) is 16.4 Å². The van der Waals surface area contributed by atoms with E-state index in [-0.39, 0.29) is 0 Å². The van der Waals surface area contributed by atoms with Gasteiger partial charge in [-0.05, 0) is 40.0 Å². The van der Waals surface area contributed by atoms with Crippen molar-refractivity contribution >= 4 is 31.9 Å². The lowest BCUT2D eigenvalue weighted by molar-refractivity contribution is 0.206. The number of aliphatic hydroxyl groups is 1. The number of benzene rings is 1. The van der Waals surface area contributed by atoms with E-state index < -0.39 is 6.10 Å². The van der Waals surface area contributed by atoms with Gasteiger partial charge in [-0.15, -0.1) is 0 Å². The van der Waals surface area contributed by atoms with Crippen molar-refractivity contribution in [2.45, 2.75) is 26.0 Å². The maximum Gasteiger partial charge on any atom is 0.122 e. The zero-order valence-electron chi connectivity index (χ0n) is 9.98. The fourth-order valence-corrected chi connectivity index (χ4v) is 2.80. The molecule has 0 fully saturated rings. The summed E-state index contributed by atoms with van der Waals surface area (Å²) in [5, 5.41) is 14.8. The molecule has 0 saturated carbocycles. The lowest BCUT2D eigenvalue weighted by Gasteiger charge is -2.14. The second-order valence-corrected chi connectivity index (χ2v) is 5.83. The number of rotatable bonds is 4. The molecule has 1 aromatic heterocycles. The summed E-state index contributed by atoms with van der Waals surface area (Å²) in [4.78, 5) is 0. The minimum Gasteiger partial charge on any atom is -0.382 e. The standard InChI is InChI=1S/C13H14Br2N2O/c1-2-6-17-12(11(15)8-16-17)13(18)9-4-3-5-10(14)7-9/h3-5,7-8,13,18H,2,6H2,1H3. The van der Waals surface area contributed by atoms with E-state index in [1.165, 1.54) is 0 Å². The van der Waals surface area contributed by atoms with Gasteiger partial charge in [0.25, 0.3) is 0 Å². The molecule has 1 aromatic carbocycles. The maximum absolute atomic E-state index is 10.5. The molecule has 2 rings (SSSR count). The Balaban J connectivity index is 2.39. The number of hydrogen-bond donors (Lipinski definition) is 1. The molecule has 1 atom stereocenters. The summed E-state index contributed by atoms with van der Waals surface area (Å²) >= 11 is 6.86. The Hall–Kier alpha value is -0.650. The van der Waals surface area contributed by atoms with Gasteiger partial charge in [0, 0.05) is 11.0 Å². The van der Waals surface area contributed by atoms with E-state index in [4.69, 9.17) is 0 Å². The van der Waals surface area contributed by atoms with Crippen molar-refractivity contribution in [3.63, 3.8) is 0 Å². The maximum atomic E-state index is 10.5. The predicted octanol–water partition coefficient (Wildman–Crippen LogP) is 3.90. The van der Waals surface area contributed by atoms with Crippen molar-refractivity contribution in [2.75, 3.05) is 0 Å². The zero-order valence-corrected chi connectivity index (χ0v) is 13.1. The third-order valence-electron chi connectivity index (χ3n) is 2.69. The van der Waals surface area contributed by atoms with Crippen molar-refractivity contribution in [3.05, 3.63) is 50.7 Å². The van der Waals surface area contributed by atoms with E-state index in [1.54, 1.807) is 6.20 Å². The average molecular weight is 374 g/mol. The van der Waals surface area contributed by atoms with Crippen LogP contribution in [0, 0.1) is 0 Å². The first-order chi connectivity index (χ1) is 8.63. The monoisotopic (exact) mass is 372 g/mol. The topological polar surface area (TPSA) is 38.0 Å². The quantitative estimate of drug-likeness (QED) is 0.882. The summed E-state index contributed by atoms with van der Waals surface area (Å²) in [7, 11) is 0. The zero-order chi connectivity index (χ0) is 13.1. The Kier molecular flexibility index (Phi) is 4.59. The Morgan fingerprint density at radius 2 is 2.17 bits per heavy atom. The van der Waals surface area contributed by atoms with Gasteiger partial charge in [-0.3, -0.25) is 4.68 Å². The van der Waals surface area contributed by atoms with Crippen LogP contribution in [-0.2, 0) is 6.54 Å². The second kappa shape index (κ2) is 5.99. The molecule has 3 nitrogen and oxygen atoms in total. The van der Waals surface area contributed by atoms with E-state index >= 15 is 0 Å². The van der Waals surface area contributed by atoms with Crippen LogP contribution >= 0.6 is 31.9 Å². The highest BCUT2D eigenvalue weighted by Gasteiger charge is 2.19. The van der Waals surface area contributed by atoms with E-state index in [1.807, 2.05) is 28.9 Å². The molecule has 18 heavy (non-hydrogen) atoms. The van der Waals surface area contributed by atoms with Crippen LogP contribution in [0.2, 0.25) is 0 Å². The van der Waals surface area contributed by atoms with Crippen LogP contribution in [0.15, 0.2) is 39.4 Å². The van der Waals surface area contributed by atoms with Gasteiger partial charge in [-0.1, -0.05) is 35.0 Å². The Bertz CT molecular complexity index is 540. The lowest BCUT2D eigenvalue weighted by Crippen LogP contribution is -2.10. The molecule has 0 aliphatic carbocycles. The molecule has 0 aliphatic rings. The molecule has 5 heteroatoms. The normalized spacial score (nSPS) is 12.7. The molecule has 1 N–H and O–H groups in total. The minimum absolute atomic E-state index is 0.675. The Morgan fingerprint density at radius 3 is 2.83 bits per heavy atom. The summed E-state index contributed by atoms with van der Waals surface area (Å²) in [6.07, 6.45) is 2.03. The fraction of sp³-hybridized carbons (Fsp3) is 0.308. The highest BCUT2D eigenvalue weighted by atomic mass is 79.9. The fourth-order valence-electron chi connectivity index (χ4n) is 1.87. The average Bonchev–Trinajstić information content (AvgIpc) is 2.70. The number of nitrogens with zero attached hydrogens (tertiary/aromatic N) is 2. The summed E-state index contributed by atoms with van der Waals surface area (Å²) in [5.74, 6) is 0. The first-order valence-corrected chi connectivity index (χ1v) is 7.36. The SMILES string of the molecule is CCCn1ncc(Br)c1C(O)c1cccc(Br)c1. The third kappa shape index (κ3) is 2.84. The molecule has 1 unspecified atom stereocenters. The van der Waals surface area contributed by atoms with Gasteiger partial charge in [0.2, 0.25) is 0 Å². The van der Waals surface area contributed by atoms with Crippen LogP contribution in [0.1, 0.15) is 30.7 Å². The first-order valence-electron chi connectivity index (χ1n) is 5.78. The van der Waals surface area contributed by atoms with Gasteiger partial charge in [0.1, 0.15) is 6.10 Å². The van der Waals surface area contributed by atoms with Gasteiger partial charge >= 0.3 is 0 Å². The Labute approximate surface area is 123 Å². The number of aryl methyl sites for hydroxylation is 1. The molecule has 0 amide bonds. The van der Waals surface area contributed by atoms with Crippen LogP contribution < -0.4 is 0 Å². The van der Waals surface area contributed by atoms with Crippen LogP contribution in [-0.4, -0.2) is 14.9 Å². The van der Waals surface area contributed by atoms with Crippen molar-refractivity contribution in [2.24, 2.45) is 0 Å². The van der Waals surface area contributed by atoms with Crippen LogP contribution in [0.5, 0.6) is 0 Å². The van der Waals surface area contributed by atoms with Crippen LogP contribution in [0.25, 0.3) is 0 Å². The molecule has 96 valence electrons. The molecule has 0 saturated heterocycles. The van der Waals surface area contributed by atoms with Crippen LogP contribution in [0.4, 0.5) is 0 Å². The summed E-state index contributed by atoms with van der Waals surface area (Å²) in [6.45, 7) is 2.89. The lowest BCUT2D eigenvalue weighted by atomic mass is 10.1. The van der Waals surface area contributed by atoms with E-state index in [2.05, 4.69) is 43.9 Å². The van der Waals surface area contributed by atoms with Crippen molar-refractivity contribution in [3.8, 4) is 0 Å². The van der Waals surface area contributed by atoms with Crippen LogP contribution in [0.3, 0.4) is 0 Å². The molecular weight excluding hydrogens is 360 g/mol. The number of hydrogen-bond acceptors (Lipinski definition) is 2. The molecule has 0 aliphatic heterocycles. The first kappa shape index (κ1) is 13.8. The smallest absolute Gasteiger partial charge is 0.122 e. The predicted molar refractivity (Wildman–Crippen MR) is 78.4 cm³/mol. The van der Waals surface area contributed by atoms with E-state index in [0.717, 1.165) is 33.2 Å². The van der Waals surface area contributed by atoms with E-state index in [0.29, 0.717) is 0 Å². The van der Waals surface area contributed by atoms with Gasteiger partial charge < -0.3 is 5.11 Å². The van der Waals surface area contributed by atoms with Crippen molar-refractivity contribution in [1.82, 2.24) is 9.78 Å². The second-order valence-electron chi connectivity index (χ2n) is 4.06. The molecule has 2 aromatic rings. The third-order valence-corrected chi connectivity index (χ3v) is 3.80. The molecule has 0 radical (unpaired) electrons. The van der Waals surface area contributed by atoms with Crippen molar-refractivity contribution < 1.29 is 5.11 Å². The summed E-state index contributed by atoms with van der Waals surface area (Å²) < 4.78 is 3.63. The molecule has 0 bridgehead atoms. The Morgan fingerprint density at radius 1 is 1.39 bits per heavy atom. The largest absolute Gasteiger partial charge is 0.382 e. The van der Waals surface area contributed by atoms with Gasteiger partial charge in [0.15, 0.2) is 0 Å². The highest BCUT2D eigenvalue weighted by molar-refractivity contribution is 9.10. The van der Waals surface area contributed by atoms with Crippen molar-refractivity contribution in [1.29, 1.82) is 0 Å². The highest BCUT2D eigenvalue weighted by Crippen LogP contribution is 2.29. The number of aliphatic hydroxyl groups excluding tert-OH is 1. The summed E-state index contributed by atoms with van der Waals surface area (Å²) in [5.41, 5.74) is 1.65. The molecular formula is C13H14Br2N2O. The van der Waals surface area contributed by atoms with Gasteiger partial charge in [-0.25, -0.2) is 0 Å². The van der Waals surface area contributed by atoms with E-state index in [9.17, 15) is 5.11 Å². The minimum atomic E-state index is -0.675. The number of aromatic nitrogens is 2. The van der Waals surface area contributed by atoms with Gasteiger partial charge in [-0.2, -0.15) is 5.10 Å². The molecule has 1 heterocycles. The summed E-state index contributed by atoms with van der Waals surface area (Å²) in [6, 6.07) is 7.68. The molecule has 0 spiro atoms.